The molecule has 1 unspecified atom stereocenters. The molecule has 0 amide bonds. The standard InChI is InChI=1S/C18H23N3/c1-3-17(19)9-14-8-13(2)18(20-10-14)21-11-15-6-4-5-7-16(15)12-21/h4-8,10,17H,3,9,11-12,19H2,1-2H3. The van der Waals surface area contributed by atoms with Gasteiger partial charge in [-0.1, -0.05) is 37.3 Å². The first-order chi connectivity index (χ1) is 10.2. The summed E-state index contributed by atoms with van der Waals surface area (Å²) < 4.78 is 0. The van der Waals surface area contributed by atoms with Crippen molar-refractivity contribution in [2.24, 2.45) is 5.73 Å². The van der Waals surface area contributed by atoms with Gasteiger partial charge in [0.15, 0.2) is 0 Å². The van der Waals surface area contributed by atoms with Gasteiger partial charge < -0.3 is 10.6 Å². The van der Waals surface area contributed by atoms with Gasteiger partial charge in [0.05, 0.1) is 0 Å². The summed E-state index contributed by atoms with van der Waals surface area (Å²) in [5, 5.41) is 0. The molecule has 1 aromatic heterocycles. The Balaban J connectivity index is 1.79. The Morgan fingerprint density at radius 2 is 1.90 bits per heavy atom. The molecule has 1 atom stereocenters. The fourth-order valence-electron chi connectivity index (χ4n) is 3.00. The molecule has 3 heteroatoms. The zero-order valence-electron chi connectivity index (χ0n) is 12.8. The number of pyridine rings is 1. The molecule has 0 saturated heterocycles. The smallest absolute Gasteiger partial charge is 0.132 e. The van der Waals surface area contributed by atoms with Gasteiger partial charge in [-0.05, 0) is 42.0 Å². The van der Waals surface area contributed by atoms with Crippen LogP contribution >= 0.6 is 0 Å². The van der Waals surface area contributed by atoms with E-state index in [4.69, 9.17) is 10.7 Å². The maximum Gasteiger partial charge on any atom is 0.132 e. The maximum absolute atomic E-state index is 6.03. The van der Waals surface area contributed by atoms with Crippen LogP contribution in [0.1, 0.15) is 35.6 Å². The molecule has 0 saturated carbocycles. The zero-order valence-corrected chi connectivity index (χ0v) is 12.8. The van der Waals surface area contributed by atoms with Crippen LogP contribution in [-0.2, 0) is 19.5 Å². The molecule has 3 rings (SSSR count). The molecule has 2 heterocycles. The van der Waals surface area contributed by atoms with E-state index in [-0.39, 0.29) is 6.04 Å². The molecule has 0 aliphatic carbocycles. The lowest BCUT2D eigenvalue weighted by Crippen LogP contribution is -2.22. The molecule has 0 fully saturated rings. The SMILES string of the molecule is CCC(N)Cc1cnc(N2Cc3ccccc3C2)c(C)c1. The van der Waals surface area contributed by atoms with Crippen molar-refractivity contribution in [1.82, 2.24) is 4.98 Å². The van der Waals surface area contributed by atoms with Crippen molar-refractivity contribution in [1.29, 1.82) is 0 Å². The lowest BCUT2D eigenvalue weighted by Gasteiger charge is -2.20. The number of hydrogen-bond acceptors (Lipinski definition) is 3. The first-order valence-corrected chi connectivity index (χ1v) is 7.70. The van der Waals surface area contributed by atoms with E-state index in [1.165, 1.54) is 22.3 Å². The molecule has 110 valence electrons. The Hall–Kier alpha value is -1.87. The largest absolute Gasteiger partial charge is 0.348 e. The summed E-state index contributed by atoms with van der Waals surface area (Å²) >= 11 is 0. The molecule has 21 heavy (non-hydrogen) atoms. The van der Waals surface area contributed by atoms with E-state index in [1.807, 2.05) is 6.20 Å². The predicted molar refractivity (Wildman–Crippen MR) is 87.3 cm³/mol. The molecular weight excluding hydrogens is 258 g/mol. The average molecular weight is 281 g/mol. The first kappa shape index (κ1) is 14.1. The third-order valence-corrected chi connectivity index (χ3v) is 4.27. The Morgan fingerprint density at radius 1 is 1.24 bits per heavy atom. The quantitative estimate of drug-likeness (QED) is 0.936. The van der Waals surface area contributed by atoms with Gasteiger partial charge in [0.25, 0.3) is 0 Å². The van der Waals surface area contributed by atoms with Crippen LogP contribution < -0.4 is 10.6 Å². The van der Waals surface area contributed by atoms with Gasteiger partial charge in [-0.15, -0.1) is 0 Å². The number of nitrogens with two attached hydrogens (primary N) is 1. The van der Waals surface area contributed by atoms with E-state index < -0.39 is 0 Å². The molecule has 0 bridgehead atoms. The van der Waals surface area contributed by atoms with Crippen LogP contribution in [0.3, 0.4) is 0 Å². The summed E-state index contributed by atoms with van der Waals surface area (Å²) in [5.74, 6) is 1.10. The van der Waals surface area contributed by atoms with E-state index in [2.05, 4.69) is 49.1 Å². The Bertz CT molecular complexity index is 611. The minimum absolute atomic E-state index is 0.230. The number of fused-ring (bicyclic) bond motifs is 1. The molecule has 2 N–H and O–H groups in total. The van der Waals surface area contributed by atoms with Crippen LogP contribution in [0, 0.1) is 6.92 Å². The van der Waals surface area contributed by atoms with Gasteiger partial charge in [0.1, 0.15) is 5.82 Å². The van der Waals surface area contributed by atoms with Crippen molar-refractivity contribution in [3.63, 3.8) is 0 Å². The number of aryl methyl sites for hydroxylation is 1. The maximum atomic E-state index is 6.03. The van der Waals surface area contributed by atoms with Crippen LogP contribution in [0.5, 0.6) is 0 Å². The molecule has 0 spiro atoms. The normalized spacial score (nSPS) is 15.1. The monoisotopic (exact) mass is 281 g/mol. The van der Waals surface area contributed by atoms with Gasteiger partial charge in [-0.3, -0.25) is 0 Å². The van der Waals surface area contributed by atoms with Gasteiger partial charge in [-0.25, -0.2) is 4.98 Å². The van der Waals surface area contributed by atoms with Gasteiger partial charge in [0.2, 0.25) is 0 Å². The Labute approximate surface area is 126 Å². The Morgan fingerprint density at radius 3 is 2.48 bits per heavy atom. The third-order valence-electron chi connectivity index (χ3n) is 4.27. The highest BCUT2D eigenvalue weighted by molar-refractivity contribution is 5.52. The number of hydrogen-bond donors (Lipinski definition) is 1. The first-order valence-electron chi connectivity index (χ1n) is 7.70. The topological polar surface area (TPSA) is 42.1 Å². The number of benzene rings is 1. The minimum atomic E-state index is 0.230. The molecule has 0 radical (unpaired) electrons. The van der Waals surface area contributed by atoms with E-state index in [0.717, 1.165) is 31.7 Å². The molecule has 1 aromatic carbocycles. The zero-order chi connectivity index (χ0) is 14.8. The second-order valence-electron chi connectivity index (χ2n) is 5.98. The van der Waals surface area contributed by atoms with Crippen LogP contribution in [0.25, 0.3) is 0 Å². The summed E-state index contributed by atoms with van der Waals surface area (Å²) in [5.41, 5.74) is 11.3. The summed E-state index contributed by atoms with van der Waals surface area (Å²) in [6, 6.07) is 11.1. The lowest BCUT2D eigenvalue weighted by atomic mass is 10.0. The van der Waals surface area contributed by atoms with Crippen molar-refractivity contribution in [2.75, 3.05) is 4.90 Å². The molecule has 2 aromatic rings. The summed E-state index contributed by atoms with van der Waals surface area (Å²) in [7, 11) is 0. The van der Waals surface area contributed by atoms with E-state index >= 15 is 0 Å². The van der Waals surface area contributed by atoms with E-state index in [9.17, 15) is 0 Å². The number of anilines is 1. The van der Waals surface area contributed by atoms with E-state index in [1.54, 1.807) is 0 Å². The van der Waals surface area contributed by atoms with Crippen molar-refractivity contribution >= 4 is 5.82 Å². The number of nitrogens with zero attached hydrogens (tertiary/aromatic N) is 2. The van der Waals surface area contributed by atoms with Crippen molar-refractivity contribution in [2.45, 2.75) is 45.8 Å². The van der Waals surface area contributed by atoms with Crippen LogP contribution in [-0.4, -0.2) is 11.0 Å². The molecule has 1 aliphatic rings. The van der Waals surface area contributed by atoms with Crippen LogP contribution in [0.4, 0.5) is 5.82 Å². The highest BCUT2D eigenvalue weighted by Crippen LogP contribution is 2.29. The molecule has 1 aliphatic heterocycles. The van der Waals surface area contributed by atoms with Crippen molar-refractivity contribution in [3.05, 3.63) is 58.8 Å². The lowest BCUT2D eigenvalue weighted by molar-refractivity contribution is 0.644. The second kappa shape index (κ2) is 5.86. The fourth-order valence-corrected chi connectivity index (χ4v) is 3.00. The minimum Gasteiger partial charge on any atom is -0.348 e. The highest BCUT2D eigenvalue weighted by atomic mass is 15.2. The van der Waals surface area contributed by atoms with Crippen LogP contribution in [0.2, 0.25) is 0 Å². The molecule has 3 nitrogen and oxygen atoms in total. The third kappa shape index (κ3) is 2.93. The number of rotatable bonds is 4. The van der Waals surface area contributed by atoms with Crippen LogP contribution in [0.15, 0.2) is 36.5 Å². The van der Waals surface area contributed by atoms with Gasteiger partial charge in [-0.2, -0.15) is 0 Å². The summed E-state index contributed by atoms with van der Waals surface area (Å²) in [6.45, 7) is 6.18. The summed E-state index contributed by atoms with van der Waals surface area (Å²) in [4.78, 5) is 7.05. The van der Waals surface area contributed by atoms with E-state index in [0.29, 0.717) is 0 Å². The molecular formula is C18H23N3. The fraction of sp³-hybridized carbons (Fsp3) is 0.389. The predicted octanol–water partition coefficient (Wildman–Crippen LogP) is 3.19. The average Bonchev–Trinajstić information content (AvgIpc) is 2.90. The Kier molecular flexibility index (Phi) is 3.93. The van der Waals surface area contributed by atoms with Gasteiger partial charge in [0, 0.05) is 25.3 Å². The van der Waals surface area contributed by atoms with Gasteiger partial charge >= 0.3 is 0 Å². The highest BCUT2D eigenvalue weighted by Gasteiger charge is 2.20. The summed E-state index contributed by atoms with van der Waals surface area (Å²) in [6.07, 6.45) is 3.90. The van der Waals surface area contributed by atoms with Crippen molar-refractivity contribution in [3.8, 4) is 0 Å². The number of aromatic nitrogens is 1. The second-order valence-corrected chi connectivity index (χ2v) is 5.98. The van der Waals surface area contributed by atoms with Crippen molar-refractivity contribution < 1.29 is 0 Å².